The van der Waals surface area contributed by atoms with Gasteiger partial charge in [0.2, 0.25) is 0 Å². The Morgan fingerprint density at radius 3 is 2.65 bits per heavy atom. The summed E-state index contributed by atoms with van der Waals surface area (Å²) < 4.78 is 31.5. The lowest BCUT2D eigenvalue weighted by Crippen LogP contribution is -2.14. The Bertz CT molecular complexity index is 1290. The number of esters is 1. The Balaban J connectivity index is 1.54. The molecule has 0 spiro atoms. The minimum atomic E-state index is -3.07. The number of aryl methyl sites for hydroxylation is 2. The van der Waals surface area contributed by atoms with Crippen LogP contribution in [-0.2, 0) is 21.2 Å². The summed E-state index contributed by atoms with van der Waals surface area (Å²) in [6, 6.07) is 9.41. The van der Waals surface area contributed by atoms with Crippen molar-refractivity contribution >= 4 is 26.8 Å². The van der Waals surface area contributed by atoms with E-state index in [1.807, 2.05) is 44.2 Å². The van der Waals surface area contributed by atoms with Gasteiger partial charge in [-0.3, -0.25) is 0 Å². The van der Waals surface area contributed by atoms with Gasteiger partial charge in [0.05, 0.1) is 34.2 Å². The molecule has 1 saturated carbocycles. The molecule has 0 radical (unpaired) electrons. The van der Waals surface area contributed by atoms with E-state index in [1.54, 1.807) is 4.68 Å². The number of ether oxygens (including phenoxy) is 1. The van der Waals surface area contributed by atoms with Gasteiger partial charge in [0.15, 0.2) is 15.5 Å². The molecule has 8 heteroatoms. The molecule has 0 N–H and O–H groups in total. The number of carbonyl (C=O) groups is 1. The lowest BCUT2D eigenvalue weighted by Gasteiger charge is -2.12. The smallest absolute Gasteiger partial charge is 0.339 e. The van der Waals surface area contributed by atoms with Crippen LogP contribution >= 0.6 is 0 Å². The van der Waals surface area contributed by atoms with E-state index in [-0.39, 0.29) is 24.2 Å². The highest BCUT2D eigenvalue weighted by atomic mass is 32.2. The third-order valence-corrected chi connectivity index (χ3v) is 8.00. The van der Waals surface area contributed by atoms with E-state index >= 15 is 0 Å². The molecule has 31 heavy (non-hydrogen) atoms. The van der Waals surface area contributed by atoms with Crippen LogP contribution in [0.5, 0.6) is 0 Å². The van der Waals surface area contributed by atoms with Crippen LogP contribution in [0.4, 0.5) is 0 Å². The van der Waals surface area contributed by atoms with E-state index in [9.17, 15) is 13.2 Å². The van der Waals surface area contributed by atoms with Gasteiger partial charge in [0.1, 0.15) is 6.61 Å². The van der Waals surface area contributed by atoms with E-state index in [0.29, 0.717) is 34.6 Å². The van der Waals surface area contributed by atoms with E-state index in [1.165, 1.54) is 0 Å². The zero-order valence-corrected chi connectivity index (χ0v) is 18.5. The first-order valence-electron chi connectivity index (χ1n) is 10.6. The number of benzene rings is 1. The molecular formula is C23H25N3O4S. The van der Waals surface area contributed by atoms with Crippen LogP contribution in [-0.4, -0.2) is 40.7 Å². The zero-order valence-electron chi connectivity index (χ0n) is 17.7. The van der Waals surface area contributed by atoms with Crippen LogP contribution in [0.2, 0.25) is 0 Å². The molecule has 162 valence electrons. The fourth-order valence-corrected chi connectivity index (χ4v) is 5.99. The monoisotopic (exact) mass is 439 g/mol. The number of carbonyl (C=O) groups excluding carboxylic acids is 1. The number of hydrogen-bond acceptors (Lipinski definition) is 6. The molecule has 2 aromatic heterocycles. The average molecular weight is 440 g/mol. The average Bonchev–Trinajstić information content (AvgIpc) is 3.45. The van der Waals surface area contributed by atoms with Crippen molar-refractivity contribution in [2.24, 2.45) is 0 Å². The predicted molar refractivity (Wildman–Crippen MR) is 117 cm³/mol. The highest BCUT2D eigenvalue weighted by Gasteiger charge is 2.34. The maximum Gasteiger partial charge on any atom is 0.339 e. The van der Waals surface area contributed by atoms with Crippen molar-refractivity contribution in [3.8, 4) is 0 Å². The maximum atomic E-state index is 13.1. The number of rotatable bonds is 5. The first-order valence-corrected chi connectivity index (χ1v) is 12.5. The van der Waals surface area contributed by atoms with Gasteiger partial charge in [0, 0.05) is 11.6 Å². The third kappa shape index (κ3) is 3.84. The van der Waals surface area contributed by atoms with Crippen molar-refractivity contribution in [1.82, 2.24) is 14.8 Å². The van der Waals surface area contributed by atoms with Gasteiger partial charge >= 0.3 is 5.97 Å². The second-order valence-corrected chi connectivity index (χ2v) is 10.9. The molecule has 1 aliphatic heterocycles. The summed E-state index contributed by atoms with van der Waals surface area (Å²) in [5.41, 5.74) is 4.61. The molecule has 1 aromatic carbocycles. The predicted octanol–water partition coefficient (Wildman–Crippen LogP) is 3.64. The van der Waals surface area contributed by atoms with Gasteiger partial charge in [-0.2, -0.15) is 5.10 Å². The van der Waals surface area contributed by atoms with Gasteiger partial charge in [-0.1, -0.05) is 24.3 Å². The van der Waals surface area contributed by atoms with Crippen LogP contribution in [0.3, 0.4) is 0 Å². The maximum absolute atomic E-state index is 13.1. The Hall–Kier alpha value is -2.74. The van der Waals surface area contributed by atoms with Gasteiger partial charge in [0.25, 0.3) is 0 Å². The fraction of sp³-hybridized carbons (Fsp3) is 0.435. The summed E-state index contributed by atoms with van der Waals surface area (Å²) in [4.78, 5) is 18.0. The highest BCUT2D eigenvalue weighted by Crippen LogP contribution is 2.41. The second kappa shape index (κ2) is 7.44. The molecule has 2 aliphatic rings. The van der Waals surface area contributed by atoms with E-state index in [0.717, 1.165) is 29.7 Å². The minimum Gasteiger partial charge on any atom is -0.457 e. The summed E-state index contributed by atoms with van der Waals surface area (Å²) in [5.74, 6) is 0.152. The van der Waals surface area contributed by atoms with Crippen LogP contribution in [0.1, 0.15) is 64.1 Å². The van der Waals surface area contributed by atoms with Gasteiger partial charge in [-0.25, -0.2) is 22.9 Å². The fourth-order valence-electron chi connectivity index (χ4n) is 4.30. The molecular weight excluding hydrogens is 414 g/mol. The zero-order chi connectivity index (χ0) is 21.8. The number of hydrogen-bond donors (Lipinski definition) is 0. The highest BCUT2D eigenvalue weighted by molar-refractivity contribution is 7.91. The minimum absolute atomic E-state index is 0.0611. The van der Waals surface area contributed by atoms with Gasteiger partial charge in [-0.05, 0) is 50.3 Å². The Morgan fingerprint density at radius 2 is 1.97 bits per heavy atom. The summed E-state index contributed by atoms with van der Waals surface area (Å²) in [6.45, 7) is 4.02. The molecule has 1 unspecified atom stereocenters. The molecule has 0 amide bonds. The molecule has 3 heterocycles. The molecule has 7 nitrogen and oxygen atoms in total. The van der Waals surface area contributed by atoms with Crippen molar-refractivity contribution in [2.75, 3.05) is 11.5 Å². The largest absolute Gasteiger partial charge is 0.457 e. The standard InChI is InChI=1S/C23H25N3O4S/c1-14-5-3-4-6-17(14)12-30-23(27)19-11-20(16-7-8-16)24-22-21(19)15(2)25-26(22)18-9-10-31(28,29)13-18/h3-6,11,16,18H,7-10,12-13H2,1-2H3. The van der Waals surface area contributed by atoms with Crippen LogP contribution in [0.25, 0.3) is 11.0 Å². The Morgan fingerprint density at radius 1 is 1.19 bits per heavy atom. The third-order valence-electron chi connectivity index (χ3n) is 6.25. The number of sulfone groups is 1. The number of aromatic nitrogens is 3. The summed E-state index contributed by atoms with van der Waals surface area (Å²) >= 11 is 0. The SMILES string of the molecule is Cc1ccccc1COC(=O)c1cc(C2CC2)nc2c1c(C)nn2C1CCS(=O)(=O)C1. The molecule has 1 atom stereocenters. The van der Waals surface area contributed by atoms with Crippen LogP contribution in [0.15, 0.2) is 30.3 Å². The summed E-state index contributed by atoms with van der Waals surface area (Å²) in [5, 5.41) is 5.27. The molecule has 5 rings (SSSR count). The molecule has 3 aromatic rings. The van der Waals surface area contributed by atoms with Crippen molar-refractivity contribution in [1.29, 1.82) is 0 Å². The van der Waals surface area contributed by atoms with E-state index < -0.39 is 15.8 Å². The van der Waals surface area contributed by atoms with E-state index in [2.05, 4.69) is 5.10 Å². The number of fused-ring (bicyclic) bond motifs is 1. The van der Waals surface area contributed by atoms with Gasteiger partial charge < -0.3 is 4.74 Å². The number of nitrogens with zero attached hydrogens (tertiary/aromatic N) is 3. The summed E-state index contributed by atoms with van der Waals surface area (Å²) in [7, 11) is -3.07. The Kier molecular flexibility index (Phi) is 4.84. The second-order valence-electron chi connectivity index (χ2n) is 8.66. The lowest BCUT2D eigenvalue weighted by atomic mass is 10.1. The van der Waals surface area contributed by atoms with E-state index in [4.69, 9.17) is 9.72 Å². The lowest BCUT2D eigenvalue weighted by molar-refractivity contribution is 0.0474. The number of pyridine rings is 1. The molecule has 1 saturated heterocycles. The van der Waals surface area contributed by atoms with Crippen molar-refractivity contribution < 1.29 is 17.9 Å². The Labute approximate surface area is 181 Å². The van der Waals surface area contributed by atoms with Crippen LogP contribution in [0, 0.1) is 13.8 Å². The quantitative estimate of drug-likeness (QED) is 0.564. The normalized spacial score (nSPS) is 20.3. The van der Waals surface area contributed by atoms with Crippen molar-refractivity contribution in [3.05, 3.63) is 58.4 Å². The van der Waals surface area contributed by atoms with Crippen molar-refractivity contribution in [2.45, 2.75) is 51.7 Å². The molecule has 2 fully saturated rings. The summed E-state index contributed by atoms with van der Waals surface area (Å²) in [6.07, 6.45) is 2.60. The topological polar surface area (TPSA) is 91.2 Å². The first kappa shape index (κ1) is 20.2. The van der Waals surface area contributed by atoms with Gasteiger partial charge in [-0.15, -0.1) is 0 Å². The first-order chi connectivity index (χ1) is 14.8. The van der Waals surface area contributed by atoms with Crippen LogP contribution < -0.4 is 0 Å². The molecule has 0 bridgehead atoms. The van der Waals surface area contributed by atoms with Crippen molar-refractivity contribution in [3.63, 3.8) is 0 Å². The molecule has 1 aliphatic carbocycles.